The Balaban J connectivity index is 1.12. The van der Waals surface area contributed by atoms with Gasteiger partial charge in [0.15, 0.2) is 12.1 Å². The number of piperidine rings is 1. The van der Waals surface area contributed by atoms with E-state index in [-0.39, 0.29) is 12.1 Å². The number of H-pyrrole nitrogens is 2. The summed E-state index contributed by atoms with van der Waals surface area (Å²) in [6, 6.07) is 6.58. The van der Waals surface area contributed by atoms with Crippen LogP contribution in [0.25, 0.3) is 11.2 Å². The summed E-state index contributed by atoms with van der Waals surface area (Å²) in [5.74, 6) is 1.99. The number of aliphatic hydroxyl groups is 1. The minimum atomic E-state index is -0.282. The number of methoxy groups -OCH3 is 1. The first-order valence-electron chi connectivity index (χ1n) is 14.5. The van der Waals surface area contributed by atoms with Crippen LogP contribution in [0.3, 0.4) is 0 Å². The number of piperazine rings is 1. The van der Waals surface area contributed by atoms with Gasteiger partial charge in [-0.2, -0.15) is 4.98 Å². The number of likely N-dealkylation sites (tertiary alicyclic amines) is 1. The quantitative estimate of drug-likeness (QED) is 0.368. The van der Waals surface area contributed by atoms with Crippen molar-refractivity contribution in [3.63, 3.8) is 0 Å². The molecule has 2 saturated heterocycles. The molecular weight excluding hydrogens is 510 g/mol. The van der Waals surface area contributed by atoms with Gasteiger partial charge in [-0.05, 0) is 37.8 Å². The molecule has 40 heavy (non-hydrogen) atoms. The Morgan fingerprint density at radius 3 is 2.52 bits per heavy atom. The van der Waals surface area contributed by atoms with E-state index in [4.69, 9.17) is 9.72 Å². The van der Waals surface area contributed by atoms with E-state index in [1.165, 1.54) is 19.3 Å². The summed E-state index contributed by atoms with van der Waals surface area (Å²) in [6.45, 7) is 4.08. The van der Waals surface area contributed by atoms with E-state index >= 15 is 0 Å². The van der Waals surface area contributed by atoms with E-state index in [0.717, 1.165) is 54.3 Å². The van der Waals surface area contributed by atoms with E-state index in [1.807, 2.05) is 21.9 Å². The molecule has 1 aromatic carbocycles. The predicted octanol–water partition coefficient (Wildman–Crippen LogP) is 2.97. The highest BCUT2D eigenvalue weighted by molar-refractivity contribution is 5.82. The minimum absolute atomic E-state index is 0.0812. The van der Waals surface area contributed by atoms with Gasteiger partial charge in [0.05, 0.1) is 18.9 Å². The molecule has 214 valence electrons. The summed E-state index contributed by atoms with van der Waals surface area (Å²) in [5, 5.41) is 16.7. The molecule has 0 radical (unpaired) electrons. The third-order valence-corrected chi connectivity index (χ3v) is 8.36. The number of ether oxygens (including phenoxy) is 1. The second-order valence-electron chi connectivity index (χ2n) is 11.0. The van der Waals surface area contributed by atoms with Crippen molar-refractivity contribution in [1.82, 2.24) is 24.8 Å². The number of nitrogens with one attached hydrogen (secondary N) is 4. The molecule has 1 aliphatic carbocycles. The number of aliphatic hydroxyl groups excluding tert-OH is 1. The minimum Gasteiger partial charge on any atom is -0.494 e. The molecule has 12 heteroatoms. The fraction of sp³-hybridized carbons (Fsp3) is 0.571. The van der Waals surface area contributed by atoms with Crippen molar-refractivity contribution in [1.29, 1.82) is 0 Å². The maximum absolute atomic E-state index is 12.9. The Morgan fingerprint density at radius 1 is 1.02 bits per heavy atom. The number of benzene rings is 1. The van der Waals surface area contributed by atoms with Crippen molar-refractivity contribution in [3.8, 4) is 5.75 Å². The first kappa shape index (κ1) is 26.4. The number of carbonyl (C=O) groups excluding carboxylic acids is 1. The lowest BCUT2D eigenvalue weighted by Crippen LogP contribution is -2.54. The highest BCUT2D eigenvalue weighted by Gasteiger charge is 2.28. The van der Waals surface area contributed by atoms with Gasteiger partial charge in [-0.1, -0.05) is 24.2 Å². The number of imidazole rings is 1. The van der Waals surface area contributed by atoms with Gasteiger partial charge in [0.2, 0.25) is 5.52 Å². The number of rotatable bonds is 6. The number of urea groups is 1. The zero-order valence-electron chi connectivity index (χ0n) is 23.2. The van der Waals surface area contributed by atoms with Crippen LogP contribution in [0.1, 0.15) is 44.9 Å². The van der Waals surface area contributed by atoms with Gasteiger partial charge in [0.1, 0.15) is 5.75 Å². The lowest BCUT2D eigenvalue weighted by atomic mass is 9.95. The molecule has 6 rings (SSSR count). The molecule has 4 heterocycles. The largest absolute Gasteiger partial charge is 0.494 e. The van der Waals surface area contributed by atoms with Crippen molar-refractivity contribution >= 4 is 40.3 Å². The number of hydrogen-bond donors (Lipinski definition) is 4. The first-order chi connectivity index (χ1) is 19.6. The van der Waals surface area contributed by atoms with Crippen LogP contribution in [0.2, 0.25) is 0 Å². The predicted molar refractivity (Wildman–Crippen MR) is 153 cm³/mol. The van der Waals surface area contributed by atoms with Gasteiger partial charge in [0.25, 0.3) is 0 Å². The third kappa shape index (κ3) is 5.72. The van der Waals surface area contributed by atoms with E-state index in [2.05, 4.69) is 36.6 Å². The van der Waals surface area contributed by atoms with Crippen LogP contribution in [0.15, 0.2) is 24.5 Å². The molecule has 0 bridgehead atoms. The number of aromatic amines is 2. The van der Waals surface area contributed by atoms with Crippen LogP contribution in [0.5, 0.6) is 5.75 Å². The normalized spacial score (nSPS) is 19.2. The van der Waals surface area contributed by atoms with Gasteiger partial charge < -0.3 is 35.2 Å². The smallest absolute Gasteiger partial charge is 0.320 e. The van der Waals surface area contributed by atoms with Crippen molar-refractivity contribution in [2.24, 2.45) is 0 Å². The van der Waals surface area contributed by atoms with Crippen LogP contribution in [0.4, 0.5) is 27.9 Å². The molecule has 3 fully saturated rings. The van der Waals surface area contributed by atoms with Crippen LogP contribution in [-0.4, -0.2) is 94.4 Å². The molecule has 1 saturated carbocycles. The maximum Gasteiger partial charge on any atom is 0.320 e. The Hall–Kier alpha value is -3.80. The molecule has 0 unspecified atom stereocenters. The first-order valence-corrected chi connectivity index (χ1v) is 14.5. The standard InChI is InChI=1S/C28H39N9O3/c1-40-23-17-20(35-13-15-37(16-14-35)28(39)36-11-9-21(38)10-12-36)7-8-22(23)32-27-33-25-24(29-18-30-25)26(34-27)31-19-5-3-2-4-6-19/h7-8,17-19,21,38H,2-6,9-16H2,1H3,(H3,29,30,31,32,33,34)/p+1. The van der Waals surface area contributed by atoms with Crippen molar-refractivity contribution in [2.75, 3.05) is 61.9 Å². The number of anilines is 4. The zero-order valence-corrected chi connectivity index (χ0v) is 23.2. The third-order valence-electron chi connectivity index (χ3n) is 8.36. The number of fused-ring (bicyclic) bond motifs is 1. The molecule has 3 aromatic rings. The summed E-state index contributed by atoms with van der Waals surface area (Å²) in [5.41, 5.74) is 3.44. The second kappa shape index (κ2) is 11.7. The van der Waals surface area contributed by atoms with Gasteiger partial charge in [-0.3, -0.25) is 4.98 Å². The lowest BCUT2D eigenvalue weighted by molar-refractivity contribution is -0.347. The van der Waals surface area contributed by atoms with Crippen LogP contribution in [0, 0.1) is 0 Å². The molecular formula is C28H40N9O3+. The maximum atomic E-state index is 12.9. The Bertz CT molecular complexity index is 1310. The van der Waals surface area contributed by atoms with E-state index in [0.29, 0.717) is 56.8 Å². The molecule has 0 spiro atoms. The second-order valence-corrected chi connectivity index (χ2v) is 11.0. The highest BCUT2D eigenvalue weighted by atomic mass is 16.5. The number of amides is 2. The Morgan fingerprint density at radius 2 is 1.77 bits per heavy atom. The fourth-order valence-electron chi connectivity index (χ4n) is 5.99. The Kier molecular flexibility index (Phi) is 7.76. The SMILES string of the molecule is COc1cc(N2CCN(C(=O)N3CCC(O)CC3)CC2)ccc1Nc1nc(NC2CCCCC2)c2[nH]c[nH+]c2n1. The summed E-state index contributed by atoms with van der Waals surface area (Å²) in [6.07, 6.45) is 8.90. The van der Waals surface area contributed by atoms with Crippen LogP contribution < -0.4 is 25.3 Å². The lowest BCUT2D eigenvalue weighted by Gasteiger charge is -2.40. The summed E-state index contributed by atoms with van der Waals surface area (Å²) in [7, 11) is 1.66. The Labute approximate surface area is 234 Å². The van der Waals surface area contributed by atoms with Gasteiger partial charge in [-0.25, -0.2) is 9.78 Å². The van der Waals surface area contributed by atoms with Gasteiger partial charge in [0, 0.05) is 57.1 Å². The van der Waals surface area contributed by atoms with Crippen molar-refractivity contribution in [3.05, 3.63) is 24.5 Å². The van der Waals surface area contributed by atoms with E-state index < -0.39 is 0 Å². The van der Waals surface area contributed by atoms with Crippen LogP contribution in [-0.2, 0) is 0 Å². The van der Waals surface area contributed by atoms with Crippen LogP contribution >= 0.6 is 0 Å². The fourth-order valence-corrected chi connectivity index (χ4v) is 5.99. The molecule has 3 aliphatic rings. The van der Waals surface area contributed by atoms with Gasteiger partial charge >= 0.3 is 17.6 Å². The van der Waals surface area contributed by atoms with Crippen molar-refractivity contribution < 1.29 is 19.6 Å². The van der Waals surface area contributed by atoms with E-state index in [1.54, 1.807) is 13.4 Å². The van der Waals surface area contributed by atoms with E-state index in [9.17, 15) is 9.90 Å². The average Bonchev–Trinajstić information content (AvgIpc) is 3.47. The van der Waals surface area contributed by atoms with Gasteiger partial charge in [-0.15, -0.1) is 0 Å². The number of carbonyl (C=O) groups is 1. The molecule has 12 nitrogen and oxygen atoms in total. The number of hydrogen-bond acceptors (Lipinski definition) is 8. The average molecular weight is 551 g/mol. The molecule has 5 N–H and O–H groups in total. The zero-order chi connectivity index (χ0) is 27.5. The number of aromatic nitrogens is 4. The summed E-state index contributed by atoms with van der Waals surface area (Å²) in [4.78, 5) is 34.9. The highest BCUT2D eigenvalue weighted by Crippen LogP contribution is 2.33. The molecule has 2 aliphatic heterocycles. The molecule has 2 amide bonds. The summed E-state index contributed by atoms with van der Waals surface area (Å²) < 4.78 is 5.75. The number of nitrogens with zero attached hydrogens (tertiary/aromatic N) is 5. The topological polar surface area (TPSA) is 136 Å². The monoisotopic (exact) mass is 550 g/mol. The summed E-state index contributed by atoms with van der Waals surface area (Å²) >= 11 is 0. The molecule has 2 aromatic heterocycles. The molecule has 0 atom stereocenters. The van der Waals surface area contributed by atoms with Crippen molar-refractivity contribution in [2.45, 2.75) is 57.1 Å².